The molecule has 144 valence electrons. The fraction of sp³-hybridized carbons (Fsp3) is 0.474. The highest BCUT2D eigenvalue weighted by Gasteiger charge is 2.52. The van der Waals surface area contributed by atoms with E-state index in [1.807, 2.05) is 0 Å². The van der Waals surface area contributed by atoms with Gasteiger partial charge in [-0.25, -0.2) is 4.79 Å². The van der Waals surface area contributed by atoms with Crippen LogP contribution < -0.4 is 10.1 Å². The maximum absolute atomic E-state index is 12.5. The van der Waals surface area contributed by atoms with Crippen LogP contribution in [0.25, 0.3) is 0 Å². The zero-order valence-electron chi connectivity index (χ0n) is 15.4. The molecule has 27 heavy (non-hydrogen) atoms. The number of hydrogen-bond acceptors (Lipinski definition) is 6. The van der Waals surface area contributed by atoms with Gasteiger partial charge in [-0.3, -0.25) is 19.3 Å². The average Bonchev–Trinajstić information content (AvgIpc) is 3.20. The van der Waals surface area contributed by atoms with Gasteiger partial charge in [0.25, 0.3) is 5.91 Å². The summed E-state index contributed by atoms with van der Waals surface area (Å²) < 4.78 is 10.4. The SMILES string of the molecule is COc1ccc(C(C)=O)cc1COC(=O)CN1C(=O)NC2(CCCC2)C1=O. The van der Waals surface area contributed by atoms with Crippen molar-refractivity contribution in [1.82, 2.24) is 10.2 Å². The van der Waals surface area contributed by atoms with Crippen molar-refractivity contribution in [2.24, 2.45) is 0 Å². The Balaban J connectivity index is 1.63. The molecule has 1 aliphatic heterocycles. The Bertz CT molecular complexity index is 797. The number of methoxy groups -OCH3 is 1. The molecule has 0 radical (unpaired) electrons. The summed E-state index contributed by atoms with van der Waals surface area (Å²) in [5.74, 6) is -0.707. The standard InChI is InChI=1S/C19H22N2O6/c1-12(22)13-5-6-15(26-2)14(9-13)11-27-16(23)10-21-17(24)19(20-18(21)25)7-3-4-8-19/h5-6,9H,3-4,7-8,10-11H2,1-2H3,(H,20,25). The van der Waals surface area contributed by atoms with Crippen LogP contribution in [0.1, 0.15) is 48.5 Å². The normalized spacial score (nSPS) is 17.9. The summed E-state index contributed by atoms with van der Waals surface area (Å²) in [5, 5.41) is 2.72. The zero-order valence-corrected chi connectivity index (χ0v) is 15.4. The third-order valence-corrected chi connectivity index (χ3v) is 5.07. The minimum atomic E-state index is -0.851. The van der Waals surface area contributed by atoms with E-state index in [4.69, 9.17) is 9.47 Å². The van der Waals surface area contributed by atoms with Crippen LogP contribution in [0.5, 0.6) is 5.75 Å². The predicted molar refractivity (Wildman–Crippen MR) is 94.2 cm³/mol. The van der Waals surface area contributed by atoms with E-state index in [1.165, 1.54) is 14.0 Å². The van der Waals surface area contributed by atoms with Gasteiger partial charge in [0.1, 0.15) is 24.4 Å². The Morgan fingerprint density at radius 1 is 1.22 bits per heavy atom. The van der Waals surface area contributed by atoms with Crippen molar-refractivity contribution in [3.8, 4) is 5.75 Å². The summed E-state index contributed by atoms with van der Waals surface area (Å²) in [6.45, 7) is 0.868. The second-order valence-corrected chi connectivity index (χ2v) is 6.85. The van der Waals surface area contributed by atoms with Gasteiger partial charge >= 0.3 is 12.0 Å². The minimum absolute atomic E-state index is 0.119. The summed E-state index contributed by atoms with van der Waals surface area (Å²) in [6, 6.07) is 4.28. The minimum Gasteiger partial charge on any atom is -0.496 e. The summed E-state index contributed by atoms with van der Waals surface area (Å²) in [6.07, 6.45) is 2.93. The van der Waals surface area contributed by atoms with Crippen LogP contribution in [0.4, 0.5) is 4.79 Å². The third kappa shape index (κ3) is 3.65. The van der Waals surface area contributed by atoms with Crippen molar-refractivity contribution in [1.29, 1.82) is 0 Å². The smallest absolute Gasteiger partial charge is 0.326 e. The van der Waals surface area contributed by atoms with E-state index in [9.17, 15) is 19.2 Å². The predicted octanol–water partition coefficient (Wildman–Crippen LogP) is 1.81. The summed E-state index contributed by atoms with van der Waals surface area (Å²) in [5.41, 5.74) is 0.151. The second-order valence-electron chi connectivity index (χ2n) is 6.85. The van der Waals surface area contributed by atoms with Gasteiger partial charge in [0, 0.05) is 11.1 Å². The van der Waals surface area contributed by atoms with E-state index >= 15 is 0 Å². The van der Waals surface area contributed by atoms with Crippen molar-refractivity contribution in [3.05, 3.63) is 29.3 Å². The number of ether oxygens (including phenoxy) is 2. The van der Waals surface area contributed by atoms with Crippen molar-refractivity contribution in [2.45, 2.75) is 44.8 Å². The zero-order chi connectivity index (χ0) is 19.6. The van der Waals surface area contributed by atoms with Crippen LogP contribution >= 0.6 is 0 Å². The number of nitrogens with one attached hydrogen (secondary N) is 1. The quantitative estimate of drug-likeness (QED) is 0.463. The van der Waals surface area contributed by atoms with Gasteiger partial charge in [-0.2, -0.15) is 0 Å². The molecule has 1 saturated carbocycles. The largest absolute Gasteiger partial charge is 0.496 e. The molecule has 2 aliphatic rings. The van der Waals surface area contributed by atoms with Crippen LogP contribution in [0, 0.1) is 0 Å². The summed E-state index contributed by atoms with van der Waals surface area (Å²) >= 11 is 0. The number of rotatable bonds is 6. The number of Topliss-reactive ketones (excluding diaryl/α,β-unsaturated/α-hetero) is 1. The first-order chi connectivity index (χ1) is 12.9. The van der Waals surface area contributed by atoms with E-state index in [0.29, 0.717) is 29.7 Å². The van der Waals surface area contributed by atoms with Crippen LogP contribution in [0.15, 0.2) is 18.2 Å². The topological polar surface area (TPSA) is 102 Å². The molecule has 0 bridgehead atoms. The molecule has 1 spiro atoms. The number of ketones is 1. The van der Waals surface area contributed by atoms with Crippen molar-refractivity contribution in [3.63, 3.8) is 0 Å². The fourth-order valence-corrected chi connectivity index (χ4v) is 3.58. The lowest BCUT2D eigenvalue weighted by atomic mass is 9.98. The molecule has 3 rings (SSSR count). The summed E-state index contributed by atoms with van der Waals surface area (Å²) in [7, 11) is 1.47. The first-order valence-corrected chi connectivity index (χ1v) is 8.84. The van der Waals surface area contributed by atoms with Crippen LogP contribution in [0.2, 0.25) is 0 Å². The van der Waals surface area contributed by atoms with E-state index in [-0.39, 0.29) is 18.3 Å². The number of nitrogens with zero attached hydrogens (tertiary/aromatic N) is 1. The monoisotopic (exact) mass is 374 g/mol. The number of imide groups is 1. The lowest BCUT2D eigenvalue weighted by Crippen LogP contribution is -2.44. The molecule has 0 unspecified atom stereocenters. The number of esters is 1. The molecule has 1 aliphatic carbocycles. The highest BCUT2D eigenvalue weighted by Crippen LogP contribution is 2.35. The van der Waals surface area contributed by atoms with Gasteiger partial charge in [0.05, 0.1) is 7.11 Å². The lowest BCUT2D eigenvalue weighted by molar-refractivity contribution is -0.148. The first kappa shape index (κ1) is 18.9. The van der Waals surface area contributed by atoms with Crippen molar-refractivity contribution < 1.29 is 28.7 Å². The van der Waals surface area contributed by atoms with Crippen LogP contribution in [0.3, 0.4) is 0 Å². The Labute approximate surface area is 156 Å². The van der Waals surface area contributed by atoms with E-state index < -0.39 is 24.1 Å². The second kappa shape index (κ2) is 7.38. The van der Waals surface area contributed by atoms with Gasteiger partial charge in [-0.05, 0) is 38.0 Å². The number of carbonyl (C=O) groups is 4. The molecule has 8 nitrogen and oxygen atoms in total. The molecule has 1 N–H and O–H groups in total. The number of benzene rings is 1. The summed E-state index contributed by atoms with van der Waals surface area (Å²) in [4.78, 5) is 49.3. The molecule has 0 aromatic heterocycles. The molecule has 1 heterocycles. The van der Waals surface area contributed by atoms with E-state index in [2.05, 4.69) is 5.32 Å². The van der Waals surface area contributed by atoms with Gasteiger partial charge < -0.3 is 14.8 Å². The molecule has 2 fully saturated rings. The van der Waals surface area contributed by atoms with Gasteiger partial charge in [0.2, 0.25) is 0 Å². The van der Waals surface area contributed by atoms with Crippen LogP contribution in [-0.4, -0.2) is 47.8 Å². The van der Waals surface area contributed by atoms with Gasteiger partial charge in [-0.15, -0.1) is 0 Å². The Kier molecular flexibility index (Phi) is 5.16. The van der Waals surface area contributed by atoms with Crippen molar-refractivity contribution in [2.75, 3.05) is 13.7 Å². The fourth-order valence-electron chi connectivity index (χ4n) is 3.58. The molecule has 8 heteroatoms. The maximum Gasteiger partial charge on any atom is 0.326 e. The molecular formula is C19H22N2O6. The van der Waals surface area contributed by atoms with Crippen LogP contribution in [-0.2, 0) is 20.9 Å². The highest BCUT2D eigenvalue weighted by atomic mass is 16.5. The Morgan fingerprint density at radius 3 is 2.56 bits per heavy atom. The molecular weight excluding hydrogens is 352 g/mol. The third-order valence-electron chi connectivity index (χ3n) is 5.07. The Morgan fingerprint density at radius 2 is 1.93 bits per heavy atom. The number of amides is 3. The van der Waals surface area contributed by atoms with Gasteiger partial charge in [-0.1, -0.05) is 12.8 Å². The lowest BCUT2D eigenvalue weighted by Gasteiger charge is -2.19. The maximum atomic E-state index is 12.5. The Hall–Kier alpha value is -2.90. The number of hydrogen-bond donors (Lipinski definition) is 1. The van der Waals surface area contributed by atoms with E-state index in [0.717, 1.165) is 17.7 Å². The molecule has 1 aromatic carbocycles. The van der Waals surface area contributed by atoms with Crippen molar-refractivity contribution >= 4 is 23.7 Å². The van der Waals surface area contributed by atoms with Gasteiger partial charge in [0.15, 0.2) is 5.78 Å². The highest BCUT2D eigenvalue weighted by molar-refractivity contribution is 6.08. The molecule has 1 aromatic rings. The number of urea groups is 1. The molecule has 0 atom stereocenters. The first-order valence-electron chi connectivity index (χ1n) is 8.84. The van der Waals surface area contributed by atoms with E-state index in [1.54, 1.807) is 18.2 Å². The molecule has 1 saturated heterocycles. The average molecular weight is 374 g/mol. The number of carbonyl (C=O) groups excluding carboxylic acids is 4. The molecule has 3 amide bonds.